The van der Waals surface area contributed by atoms with Crippen molar-refractivity contribution >= 4 is 5.97 Å². The lowest BCUT2D eigenvalue weighted by molar-refractivity contribution is 0.0697. The summed E-state index contributed by atoms with van der Waals surface area (Å²) < 4.78 is 0. The molecular formula is C27H46O3. The van der Waals surface area contributed by atoms with E-state index in [1.807, 2.05) is 6.08 Å². The fraction of sp³-hybridized carbons (Fsp3) is 0.667. The number of hydrogen-bond donors (Lipinski definition) is 2. The summed E-state index contributed by atoms with van der Waals surface area (Å²) in [5.41, 5.74) is 1.67. The quantitative estimate of drug-likeness (QED) is 0.304. The fourth-order valence-electron chi connectivity index (χ4n) is 3.55. The highest BCUT2D eigenvalue weighted by Crippen LogP contribution is 2.21. The molecule has 1 aromatic carbocycles. The van der Waals surface area contributed by atoms with Crippen LogP contribution in [0.4, 0.5) is 0 Å². The number of aliphatic hydroxyl groups is 1. The maximum atomic E-state index is 10.2. The molecule has 1 rings (SSSR count). The van der Waals surface area contributed by atoms with Crippen LogP contribution in [-0.2, 0) is 0 Å². The normalized spacial score (nSPS) is 13.5. The van der Waals surface area contributed by atoms with Crippen LogP contribution in [0.3, 0.4) is 0 Å². The highest BCUT2D eigenvalue weighted by Gasteiger charge is 2.06. The molecule has 2 N–H and O–H groups in total. The molecule has 0 aliphatic carbocycles. The van der Waals surface area contributed by atoms with Crippen LogP contribution in [0.5, 0.6) is 0 Å². The van der Waals surface area contributed by atoms with Gasteiger partial charge < -0.3 is 10.2 Å². The first-order valence-electron chi connectivity index (χ1n) is 11.8. The van der Waals surface area contributed by atoms with Gasteiger partial charge in [-0.15, -0.1) is 0 Å². The molecule has 0 amide bonds. The van der Waals surface area contributed by atoms with E-state index in [-0.39, 0.29) is 6.61 Å². The van der Waals surface area contributed by atoms with E-state index in [9.17, 15) is 4.79 Å². The molecule has 30 heavy (non-hydrogen) atoms. The zero-order valence-corrected chi connectivity index (χ0v) is 20.1. The molecule has 0 radical (unpaired) electrons. The number of allylic oxidation sites excluding steroid dienone is 1. The van der Waals surface area contributed by atoms with Gasteiger partial charge in [0.25, 0.3) is 0 Å². The number of carboxylic acid groups (broad SMARTS) is 1. The second-order valence-corrected chi connectivity index (χ2v) is 9.26. The highest BCUT2D eigenvalue weighted by molar-refractivity contribution is 5.87. The van der Waals surface area contributed by atoms with Gasteiger partial charge in [0, 0.05) is 0 Å². The topological polar surface area (TPSA) is 57.5 Å². The van der Waals surface area contributed by atoms with E-state index in [0.29, 0.717) is 5.56 Å². The molecule has 1 aromatic rings. The lowest BCUT2D eigenvalue weighted by Crippen LogP contribution is -2.00. The Balaban J connectivity index is 0.000000769. The Morgan fingerprint density at radius 3 is 1.80 bits per heavy atom. The average molecular weight is 419 g/mol. The van der Waals surface area contributed by atoms with E-state index >= 15 is 0 Å². The van der Waals surface area contributed by atoms with Gasteiger partial charge in [0.2, 0.25) is 0 Å². The van der Waals surface area contributed by atoms with Gasteiger partial charge in [0.05, 0.1) is 12.2 Å². The third-order valence-corrected chi connectivity index (χ3v) is 5.60. The molecule has 172 valence electrons. The zero-order valence-electron chi connectivity index (χ0n) is 20.1. The highest BCUT2D eigenvalue weighted by atomic mass is 16.4. The Kier molecular flexibility index (Phi) is 17.2. The second kappa shape index (κ2) is 18.2. The molecule has 2 unspecified atom stereocenters. The lowest BCUT2D eigenvalue weighted by Gasteiger charge is -2.15. The number of carboxylic acids is 1. The summed E-state index contributed by atoms with van der Waals surface area (Å²) in [7, 11) is 0. The average Bonchev–Trinajstić information content (AvgIpc) is 2.69. The predicted octanol–water partition coefficient (Wildman–Crippen LogP) is 7.75. The van der Waals surface area contributed by atoms with Crippen LogP contribution in [0.15, 0.2) is 42.0 Å². The Bertz CT molecular complexity index is 563. The monoisotopic (exact) mass is 418 g/mol. The van der Waals surface area contributed by atoms with Crippen molar-refractivity contribution in [3.05, 3.63) is 47.5 Å². The molecule has 0 fully saturated rings. The van der Waals surface area contributed by atoms with E-state index < -0.39 is 5.97 Å². The van der Waals surface area contributed by atoms with Crippen LogP contribution in [0, 0.1) is 17.8 Å². The summed E-state index contributed by atoms with van der Waals surface area (Å²) in [5.74, 6) is 1.75. The minimum atomic E-state index is -0.879. The summed E-state index contributed by atoms with van der Waals surface area (Å²) in [4.78, 5) is 10.2. The van der Waals surface area contributed by atoms with Crippen molar-refractivity contribution in [3.63, 3.8) is 0 Å². The minimum Gasteiger partial charge on any atom is -0.478 e. The molecule has 0 bridgehead atoms. The van der Waals surface area contributed by atoms with Crippen molar-refractivity contribution in [2.24, 2.45) is 17.8 Å². The Morgan fingerprint density at radius 1 is 0.867 bits per heavy atom. The maximum absolute atomic E-state index is 10.2. The second-order valence-electron chi connectivity index (χ2n) is 9.26. The van der Waals surface area contributed by atoms with Crippen LogP contribution in [-0.4, -0.2) is 22.8 Å². The SMILES string of the molecule is CC(=CCO)CCCC(C)CCCC(C)CCCC(C)C.O=C(O)c1ccccc1. The largest absolute Gasteiger partial charge is 0.478 e. The van der Waals surface area contributed by atoms with Crippen LogP contribution in [0.2, 0.25) is 0 Å². The van der Waals surface area contributed by atoms with E-state index in [2.05, 4.69) is 34.6 Å². The molecule has 0 heterocycles. The molecule has 0 saturated carbocycles. The Labute approximate surface area is 185 Å². The van der Waals surface area contributed by atoms with Crippen molar-refractivity contribution < 1.29 is 15.0 Å². The first-order valence-corrected chi connectivity index (χ1v) is 11.8. The van der Waals surface area contributed by atoms with Gasteiger partial charge in [-0.25, -0.2) is 4.79 Å². The molecule has 2 atom stereocenters. The van der Waals surface area contributed by atoms with Gasteiger partial charge in [0.15, 0.2) is 0 Å². The van der Waals surface area contributed by atoms with Gasteiger partial charge in [-0.1, -0.05) is 102 Å². The van der Waals surface area contributed by atoms with Crippen molar-refractivity contribution in [1.29, 1.82) is 0 Å². The third-order valence-electron chi connectivity index (χ3n) is 5.60. The summed E-state index contributed by atoms with van der Waals surface area (Å²) in [6, 6.07) is 8.30. The Morgan fingerprint density at radius 2 is 1.37 bits per heavy atom. The zero-order chi connectivity index (χ0) is 22.8. The van der Waals surface area contributed by atoms with Crippen LogP contribution >= 0.6 is 0 Å². The lowest BCUT2D eigenvalue weighted by atomic mass is 9.91. The fourth-order valence-corrected chi connectivity index (χ4v) is 3.55. The molecule has 0 saturated heterocycles. The number of aliphatic hydroxyl groups excluding tert-OH is 1. The van der Waals surface area contributed by atoms with Crippen molar-refractivity contribution in [3.8, 4) is 0 Å². The number of carbonyl (C=O) groups is 1. The molecule has 0 aromatic heterocycles. The van der Waals surface area contributed by atoms with E-state index in [1.54, 1.807) is 30.3 Å². The van der Waals surface area contributed by atoms with Gasteiger partial charge in [-0.05, 0) is 49.7 Å². The molecule has 0 aliphatic rings. The third kappa shape index (κ3) is 17.3. The van der Waals surface area contributed by atoms with Crippen LogP contribution in [0.25, 0.3) is 0 Å². The smallest absolute Gasteiger partial charge is 0.335 e. The summed E-state index contributed by atoms with van der Waals surface area (Å²) in [6.45, 7) is 11.8. The van der Waals surface area contributed by atoms with E-state index in [4.69, 9.17) is 10.2 Å². The van der Waals surface area contributed by atoms with Gasteiger partial charge >= 0.3 is 5.97 Å². The summed E-state index contributed by atoms with van der Waals surface area (Å²) >= 11 is 0. The molecule has 0 aliphatic heterocycles. The van der Waals surface area contributed by atoms with Crippen molar-refractivity contribution in [2.75, 3.05) is 6.61 Å². The van der Waals surface area contributed by atoms with Crippen molar-refractivity contribution in [1.82, 2.24) is 0 Å². The van der Waals surface area contributed by atoms with Crippen molar-refractivity contribution in [2.45, 2.75) is 92.4 Å². The minimum absolute atomic E-state index is 0.191. The summed E-state index contributed by atoms with van der Waals surface area (Å²) in [6.07, 6.45) is 14.1. The Hall–Kier alpha value is -1.61. The molecule has 3 heteroatoms. The number of hydrogen-bond acceptors (Lipinski definition) is 2. The standard InChI is InChI=1S/C20H40O.C7H6O2/c1-17(2)9-6-10-18(3)11-7-12-19(4)13-8-14-20(5)15-16-21;8-7(9)6-4-2-1-3-5-6/h15,17-19,21H,6-14,16H2,1-5H3;1-5H,(H,8,9). The van der Waals surface area contributed by atoms with E-state index in [0.717, 1.165) is 24.2 Å². The predicted molar refractivity (Wildman–Crippen MR) is 129 cm³/mol. The molecular weight excluding hydrogens is 372 g/mol. The molecule has 3 nitrogen and oxygen atoms in total. The maximum Gasteiger partial charge on any atom is 0.335 e. The molecule has 0 spiro atoms. The van der Waals surface area contributed by atoms with Gasteiger partial charge in [-0.2, -0.15) is 0 Å². The van der Waals surface area contributed by atoms with Crippen LogP contribution < -0.4 is 0 Å². The van der Waals surface area contributed by atoms with Gasteiger partial charge in [0.1, 0.15) is 0 Å². The van der Waals surface area contributed by atoms with E-state index in [1.165, 1.54) is 56.9 Å². The first kappa shape index (κ1) is 28.4. The van der Waals surface area contributed by atoms with Gasteiger partial charge in [-0.3, -0.25) is 0 Å². The summed E-state index contributed by atoms with van der Waals surface area (Å²) in [5, 5.41) is 17.2. The number of benzene rings is 1. The van der Waals surface area contributed by atoms with Crippen LogP contribution in [0.1, 0.15) is 103 Å². The number of aromatic carboxylic acids is 1. The first-order chi connectivity index (χ1) is 14.3. The number of rotatable bonds is 14.